The molecule has 17 heavy (non-hydrogen) atoms. The van der Waals surface area contributed by atoms with E-state index in [1.165, 1.54) is 6.20 Å². The molecule has 0 saturated heterocycles. The number of pyridine rings is 1. The first-order valence-corrected chi connectivity index (χ1v) is 5.45. The smallest absolute Gasteiger partial charge is 0.422 e. The summed E-state index contributed by atoms with van der Waals surface area (Å²) in [4.78, 5) is 3.76. The van der Waals surface area contributed by atoms with Crippen molar-refractivity contribution in [1.29, 1.82) is 0 Å². The number of hydrogen-bond donors (Lipinski definition) is 0. The van der Waals surface area contributed by atoms with Crippen LogP contribution < -0.4 is 4.74 Å². The lowest BCUT2D eigenvalue weighted by Gasteiger charge is -2.16. The van der Waals surface area contributed by atoms with Gasteiger partial charge in [0.15, 0.2) is 6.61 Å². The Morgan fingerprint density at radius 1 is 1.29 bits per heavy atom. The second-order valence-electron chi connectivity index (χ2n) is 4.36. The van der Waals surface area contributed by atoms with Crippen LogP contribution in [-0.2, 0) is 0 Å². The Bertz CT molecular complexity index is 363. The average Bonchev–Trinajstić information content (AvgIpc) is 2.24. The Balaban J connectivity index is 2.73. The molecule has 0 aromatic carbocycles. The van der Waals surface area contributed by atoms with Crippen molar-refractivity contribution in [2.45, 2.75) is 32.9 Å². The van der Waals surface area contributed by atoms with E-state index < -0.39 is 12.8 Å². The van der Waals surface area contributed by atoms with Gasteiger partial charge in [-0.2, -0.15) is 13.2 Å². The van der Waals surface area contributed by atoms with E-state index in [-0.39, 0.29) is 11.8 Å². The molecule has 1 aromatic heterocycles. The minimum absolute atomic E-state index is 0.0207. The molecule has 1 aromatic rings. The van der Waals surface area contributed by atoms with E-state index in [4.69, 9.17) is 0 Å². The molecule has 1 rings (SSSR count). The summed E-state index contributed by atoms with van der Waals surface area (Å²) in [7, 11) is 0. The lowest BCUT2D eigenvalue weighted by Crippen LogP contribution is -2.19. The normalized spacial score (nSPS) is 13.8. The van der Waals surface area contributed by atoms with Crippen LogP contribution in [0.2, 0.25) is 0 Å². The molecule has 5 heteroatoms. The molecule has 96 valence electrons. The summed E-state index contributed by atoms with van der Waals surface area (Å²) < 4.78 is 40.5. The molecule has 0 saturated carbocycles. The van der Waals surface area contributed by atoms with Crippen LogP contribution in [0.1, 0.15) is 32.3 Å². The van der Waals surface area contributed by atoms with E-state index in [1.807, 2.05) is 6.92 Å². The molecule has 0 radical (unpaired) electrons. The molecule has 1 unspecified atom stereocenters. The largest absolute Gasteiger partial charge is 0.468 e. The summed E-state index contributed by atoms with van der Waals surface area (Å²) in [6, 6.07) is 3.36. The number of alkyl halides is 3. The van der Waals surface area contributed by atoms with Gasteiger partial charge in [0.05, 0.1) is 0 Å². The number of rotatable bonds is 4. The zero-order chi connectivity index (χ0) is 13.1. The summed E-state index contributed by atoms with van der Waals surface area (Å²) in [5.74, 6) is 0.687. The highest BCUT2D eigenvalue weighted by atomic mass is 19.4. The Hall–Kier alpha value is -1.26. The Kier molecular flexibility index (Phi) is 4.37. The maximum absolute atomic E-state index is 12.0. The highest BCUT2D eigenvalue weighted by molar-refractivity contribution is 5.24. The maximum Gasteiger partial charge on any atom is 0.422 e. The lowest BCUT2D eigenvalue weighted by molar-refractivity contribution is -0.154. The van der Waals surface area contributed by atoms with Gasteiger partial charge >= 0.3 is 6.18 Å². The average molecular weight is 247 g/mol. The van der Waals surface area contributed by atoms with Gasteiger partial charge in [0.25, 0.3) is 0 Å². The zero-order valence-corrected chi connectivity index (χ0v) is 10.1. The molecule has 1 atom stereocenters. The molecule has 0 amide bonds. The SMILES string of the molecule is CC(C)C(C)c1ccnc(OCC(F)(F)F)c1. The molecule has 2 nitrogen and oxygen atoms in total. The number of hydrogen-bond acceptors (Lipinski definition) is 2. The topological polar surface area (TPSA) is 22.1 Å². The van der Waals surface area contributed by atoms with Crippen molar-refractivity contribution >= 4 is 0 Å². The van der Waals surface area contributed by atoms with Crippen LogP contribution >= 0.6 is 0 Å². The van der Waals surface area contributed by atoms with Gasteiger partial charge in [-0.15, -0.1) is 0 Å². The molecule has 0 fully saturated rings. The Labute approximate surface area is 98.8 Å². The van der Waals surface area contributed by atoms with Crippen molar-refractivity contribution in [3.8, 4) is 5.88 Å². The Morgan fingerprint density at radius 3 is 2.47 bits per heavy atom. The number of nitrogens with zero attached hydrogens (tertiary/aromatic N) is 1. The second-order valence-corrected chi connectivity index (χ2v) is 4.36. The molecular formula is C12H16F3NO. The first kappa shape index (κ1) is 13.8. The number of halogens is 3. The third-order valence-electron chi connectivity index (χ3n) is 2.67. The zero-order valence-electron chi connectivity index (χ0n) is 10.1. The third-order valence-corrected chi connectivity index (χ3v) is 2.67. The van der Waals surface area contributed by atoms with Crippen molar-refractivity contribution in [1.82, 2.24) is 4.98 Å². The van der Waals surface area contributed by atoms with Crippen LogP contribution in [0.3, 0.4) is 0 Å². The van der Waals surface area contributed by atoms with Gasteiger partial charge in [-0.25, -0.2) is 4.98 Å². The second kappa shape index (κ2) is 5.38. The fourth-order valence-electron chi connectivity index (χ4n) is 1.33. The predicted octanol–water partition coefficient (Wildman–Crippen LogP) is 3.78. The summed E-state index contributed by atoms with van der Waals surface area (Å²) in [6.45, 7) is 4.83. The molecule has 0 N–H and O–H groups in total. The minimum Gasteiger partial charge on any atom is -0.468 e. The van der Waals surface area contributed by atoms with Crippen molar-refractivity contribution in [2.75, 3.05) is 6.61 Å². The monoisotopic (exact) mass is 247 g/mol. The summed E-state index contributed by atoms with van der Waals surface area (Å²) in [5, 5.41) is 0. The van der Waals surface area contributed by atoms with Crippen LogP contribution in [0.25, 0.3) is 0 Å². The number of ether oxygens (including phenoxy) is 1. The van der Waals surface area contributed by atoms with Gasteiger partial charge in [-0.05, 0) is 23.5 Å². The van der Waals surface area contributed by atoms with E-state index in [2.05, 4.69) is 23.6 Å². The van der Waals surface area contributed by atoms with Crippen LogP contribution in [0.5, 0.6) is 5.88 Å². The maximum atomic E-state index is 12.0. The Morgan fingerprint density at radius 2 is 1.94 bits per heavy atom. The molecular weight excluding hydrogens is 231 g/mol. The van der Waals surface area contributed by atoms with Crippen LogP contribution in [0.4, 0.5) is 13.2 Å². The first-order valence-electron chi connectivity index (χ1n) is 5.45. The summed E-state index contributed by atoms with van der Waals surface area (Å²) in [5.41, 5.74) is 0.937. The highest BCUT2D eigenvalue weighted by Crippen LogP contribution is 2.26. The molecule has 0 aliphatic rings. The highest BCUT2D eigenvalue weighted by Gasteiger charge is 2.28. The van der Waals surface area contributed by atoms with E-state index in [1.54, 1.807) is 12.1 Å². The summed E-state index contributed by atoms with van der Waals surface area (Å²) in [6.07, 6.45) is -2.86. The van der Waals surface area contributed by atoms with Crippen LogP contribution in [0.15, 0.2) is 18.3 Å². The van der Waals surface area contributed by atoms with E-state index in [9.17, 15) is 13.2 Å². The fraction of sp³-hybridized carbons (Fsp3) is 0.583. The lowest BCUT2D eigenvalue weighted by atomic mass is 9.91. The molecule has 0 aliphatic heterocycles. The van der Waals surface area contributed by atoms with Crippen LogP contribution in [0, 0.1) is 5.92 Å². The van der Waals surface area contributed by atoms with Gasteiger partial charge in [-0.1, -0.05) is 20.8 Å². The third kappa shape index (κ3) is 4.63. The van der Waals surface area contributed by atoms with E-state index >= 15 is 0 Å². The molecule has 0 spiro atoms. The standard InChI is InChI=1S/C12H16F3NO/c1-8(2)9(3)10-4-5-16-11(6-10)17-7-12(13,14)15/h4-6,8-9H,7H2,1-3H3. The molecule has 0 aliphatic carbocycles. The van der Waals surface area contributed by atoms with E-state index in [0.717, 1.165) is 5.56 Å². The number of aromatic nitrogens is 1. The molecule has 0 bridgehead atoms. The van der Waals surface area contributed by atoms with Crippen molar-refractivity contribution in [2.24, 2.45) is 5.92 Å². The quantitative estimate of drug-likeness (QED) is 0.807. The van der Waals surface area contributed by atoms with Gasteiger partial charge in [0, 0.05) is 12.3 Å². The van der Waals surface area contributed by atoms with Gasteiger partial charge < -0.3 is 4.74 Å². The first-order chi connectivity index (χ1) is 7.79. The van der Waals surface area contributed by atoms with Crippen molar-refractivity contribution in [3.05, 3.63) is 23.9 Å². The molecule has 1 heterocycles. The van der Waals surface area contributed by atoms with Gasteiger partial charge in [0.2, 0.25) is 5.88 Å². The van der Waals surface area contributed by atoms with E-state index in [0.29, 0.717) is 5.92 Å². The predicted molar refractivity (Wildman–Crippen MR) is 59.0 cm³/mol. The van der Waals surface area contributed by atoms with Crippen molar-refractivity contribution < 1.29 is 17.9 Å². The van der Waals surface area contributed by atoms with Crippen LogP contribution in [-0.4, -0.2) is 17.8 Å². The van der Waals surface area contributed by atoms with Gasteiger partial charge in [-0.3, -0.25) is 0 Å². The fourth-order valence-corrected chi connectivity index (χ4v) is 1.33. The minimum atomic E-state index is -4.33. The van der Waals surface area contributed by atoms with Crippen molar-refractivity contribution in [3.63, 3.8) is 0 Å². The summed E-state index contributed by atoms with van der Waals surface area (Å²) >= 11 is 0. The van der Waals surface area contributed by atoms with Gasteiger partial charge in [0.1, 0.15) is 0 Å².